The summed E-state index contributed by atoms with van der Waals surface area (Å²) in [5, 5.41) is 1.58. The zero-order valence-corrected chi connectivity index (χ0v) is 19.7. The predicted molar refractivity (Wildman–Crippen MR) is 132 cm³/mol. The third-order valence-electron chi connectivity index (χ3n) is 6.50. The Morgan fingerprint density at radius 2 is 0.793 bits per heavy atom. The Morgan fingerprint density at radius 1 is 0.448 bits per heavy atom. The van der Waals surface area contributed by atoms with Crippen LogP contribution in [0.2, 0.25) is 0 Å². The Balaban J connectivity index is 2.09. The van der Waals surface area contributed by atoms with Gasteiger partial charge in [-0.1, -0.05) is 72.8 Å². The van der Waals surface area contributed by atoms with Crippen LogP contribution >= 0.6 is 7.26 Å². The molecule has 1 heteroatoms. The van der Waals surface area contributed by atoms with Gasteiger partial charge < -0.3 is 0 Å². The summed E-state index contributed by atoms with van der Waals surface area (Å²) in [7, 11) is -1.26. The van der Waals surface area contributed by atoms with Gasteiger partial charge in [0, 0.05) is 5.92 Å². The molecule has 0 aromatic heterocycles. The van der Waals surface area contributed by atoms with E-state index in [0.717, 1.165) is 0 Å². The molecule has 0 radical (unpaired) electrons. The van der Waals surface area contributed by atoms with E-state index in [1.54, 1.807) is 5.30 Å². The average molecular weight is 404 g/mol. The fourth-order valence-corrected chi connectivity index (χ4v) is 11.5. The summed E-state index contributed by atoms with van der Waals surface area (Å²) < 4.78 is 0. The van der Waals surface area contributed by atoms with Crippen molar-refractivity contribution in [2.75, 3.05) is 0 Å². The topological polar surface area (TPSA) is 0 Å². The molecule has 0 N–H and O–H groups in total. The van der Waals surface area contributed by atoms with Gasteiger partial charge in [0.15, 0.2) is 0 Å². The maximum Gasteiger partial charge on any atom is 0.0947 e. The van der Waals surface area contributed by atoms with E-state index in [1.165, 1.54) is 16.7 Å². The molecule has 29 heavy (non-hydrogen) atoms. The Morgan fingerprint density at radius 3 is 1.14 bits per heavy atom. The molecule has 0 amide bonds. The van der Waals surface area contributed by atoms with Crippen LogP contribution in [0.1, 0.15) is 64.2 Å². The van der Waals surface area contributed by atoms with Gasteiger partial charge in [-0.25, -0.2) is 0 Å². The second-order valence-electron chi connectivity index (χ2n) is 8.96. The molecule has 3 aromatic carbocycles. The zero-order chi connectivity index (χ0) is 21.0. The highest BCUT2D eigenvalue weighted by atomic mass is 31.2. The first-order chi connectivity index (χ1) is 13.9. The smallest absolute Gasteiger partial charge is 0.0622 e. The number of hydrogen-bond donors (Lipinski definition) is 0. The molecule has 0 saturated heterocycles. The molecule has 0 aliphatic carbocycles. The van der Waals surface area contributed by atoms with Gasteiger partial charge in [-0.3, -0.25) is 0 Å². The van der Waals surface area contributed by atoms with Gasteiger partial charge in [0.1, 0.15) is 0 Å². The minimum absolute atomic E-state index is 0.274. The predicted octanol–water partition coefficient (Wildman–Crippen LogP) is 7.73. The quantitative estimate of drug-likeness (QED) is 0.280. The van der Waals surface area contributed by atoms with Gasteiger partial charge >= 0.3 is 0 Å². The molecule has 0 saturated carbocycles. The second kappa shape index (κ2) is 9.27. The van der Waals surface area contributed by atoms with Crippen molar-refractivity contribution in [3.63, 3.8) is 0 Å². The fourth-order valence-electron chi connectivity index (χ4n) is 5.48. The van der Waals surface area contributed by atoms with Crippen molar-refractivity contribution in [3.05, 3.63) is 102 Å². The molecule has 3 rings (SSSR count). The van der Waals surface area contributed by atoms with Gasteiger partial charge in [-0.15, -0.1) is 0 Å². The molecule has 0 aliphatic rings. The molecular formula is C28H36P+. The molecule has 0 unspecified atom stereocenters. The normalized spacial score (nSPS) is 12.3. The van der Waals surface area contributed by atoms with Gasteiger partial charge in [-0.2, -0.15) is 0 Å². The third-order valence-corrected chi connectivity index (χ3v) is 12.8. The van der Waals surface area contributed by atoms with Crippen LogP contribution in [0.4, 0.5) is 0 Å². The highest BCUT2D eigenvalue weighted by Crippen LogP contribution is 2.68. The lowest BCUT2D eigenvalue weighted by Gasteiger charge is -2.38. The van der Waals surface area contributed by atoms with Crippen molar-refractivity contribution < 1.29 is 0 Å². The van der Waals surface area contributed by atoms with Crippen LogP contribution in [0.25, 0.3) is 0 Å². The van der Waals surface area contributed by atoms with Gasteiger partial charge in [0.2, 0.25) is 0 Å². The SMILES string of the molecule is CC(C)[P+](c1ccc(C(c2ccccc2)c2ccccc2)cc1)(C(C)C)C(C)C. The minimum atomic E-state index is -1.26. The second-order valence-corrected chi connectivity index (χ2v) is 14.2. The first-order valence-corrected chi connectivity index (χ1v) is 13.0. The highest BCUT2D eigenvalue weighted by Gasteiger charge is 2.49. The van der Waals surface area contributed by atoms with Gasteiger partial charge in [0.25, 0.3) is 0 Å². The first-order valence-electron chi connectivity index (χ1n) is 11.0. The van der Waals surface area contributed by atoms with E-state index >= 15 is 0 Å². The van der Waals surface area contributed by atoms with Crippen LogP contribution in [-0.2, 0) is 0 Å². The van der Waals surface area contributed by atoms with E-state index < -0.39 is 7.26 Å². The van der Waals surface area contributed by atoms with Crippen LogP contribution in [0.5, 0.6) is 0 Å². The van der Waals surface area contributed by atoms with E-state index in [2.05, 4.69) is 126 Å². The molecule has 0 fully saturated rings. The van der Waals surface area contributed by atoms with Gasteiger partial charge in [0.05, 0.1) is 29.5 Å². The van der Waals surface area contributed by atoms with E-state index in [0.29, 0.717) is 17.0 Å². The van der Waals surface area contributed by atoms with Crippen LogP contribution in [0, 0.1) is 0 Å². The fraction of sp³-hybridized carbons (Fsp3) is 0.357. The summed E-state index contributed by atoms with van der Waals surface area (Å²) in [5.41, 5.74) is 6.18. The highest BCUT2D eigenvalue weighted by molar-refractivity contribution is 7.84. The minimum Gasteiger partial charge on any atom is -0.0622 e. The number of rotatable bonds is 7. The lowest BCUT2D eigenvalue weighted by Crippen LogP contribution is -2.32. The van der Waals surface area contributed by atoms with Crippen LogP contribution < -0.4 is 5.30 Å². The Labute approximate surface area is 178 Å². The average Bonchev–Trinajstić information content (AvgIpc) is 2.71. The lowest BCUT2D eigenvalue weighted by atomic mass is 9.85. The maximum atomic E-state index is 2.45. The van der Waals surface area contributed by atoms with E-state index in [9.17, 15) is 0 Å². The lowest BCUT2D eigenvalue weighted by molar-refractivity contribution is 0.926. The molecule has 152 valence electrons. The van der Waals surface area contributed by atoms with E-state index in [1.807, 2.05) is 0 Å². The first kappa shape index (κ1) is 21.8. The Kier molecular flexibility index (Phi) is 6.97. The monoisotopic (exact) mass is 403 g/mol. The Bertz CT molecular complexity index is 815. The summed E-state index contributed by atoms with van der Waals surface area (Å²) in [4.78, 5) is 0. The summed E-state index contributed by atoms with van der Waals surface area (Å²) in [6.45, 7) is 14.6. The molecule has 3 aromatic rings. The maximum absolute atomic E-state index is 2.45. The standard InChI is InChI=1S/C28H36P/c1-21(2)29(22(3)4,23(5)6)27-19-17-26(18-20-27)28(24-13-9-7-10-14-24)25-15-11-8-12-16-25/h7-23,28H,1-6H3/q+1. The molecule has 0 aliphatic heterocycles. The van der Waals surface area contributed by atoms with E-state index in [4.69, 9.17) is 0 Å². The largest absolute Gasteiger partial charge is 0.0947 e. The zero-order valence-electron chi connectivity index (χ0n) is 18.8. The number of hydrogen-bond acceptors (Lipinski definition) is 0. The summed E-state index contributed by atoms with van der Waals surface area (Å²) >= 11 is 0. The van der Waals surface area contributed by atoms with Crippen molar-refractivity contribution >= 4 is 12.6 Å². The summed E-state index contributed by atoms with van der Waals surface area (Å²) in [6, 6.07) is 31.4. The number of benzene rings is 3. The molecule has 0 bridgehead atoms. The van der Waals surface area contributed by atoms with Crippen molar-refractivity contribution in [2.24, 2.45) is 0 Å². The van der Waals surface area contributed by atoms with Crippen molar-refractivity contribution in [3.8, 4) is 0 Å². The Hall–Kier alpha value is -1.91. The van der Waals surface area contributed by atoms with Crippen LogP contribution in [0.15, 0.2) is 84.9 Å². The third kappa shape index (κ3) is 4.19. The molecule has 0 nitrogen and oxygen atoms in total. The summed E-state index contributed by atoms with van der Waals surface area (Å²) in [6.07, 6.45) is 0. The van der Waals surface area contributed by atoms with Crippen molar-refractivity contribution in [1.29, 1.82) is 0 Å². The van der Waals surface area contributed by atoms with Crippen LogP contribution in [-0.4, -0.2) is 17.0 Å². The van der Waals surface area contributed by atoms with Crippen molar-refractivity contribution in [2.45, 2.75) is 64.4 Å². The molecular weight excluding hydrogens is 367 g/mol. The van der Waals surface area contributed by atoms with Gasteiger partial charge in [-0.05, 0) is 70.4 Å². The molecule has 0 heterocycles. The van der Waals surface area contributed by atoms with Crippen LogP contribution in [0.3, 0.4) is 0 Å². The molecule has 0 spiro atoms. The van der Waals surface area contributed by atoms with E-state index in [-0.39, 0.29) is 5.92 Å². The molecule has 0 atom stereocenters. The summed E-state index contributed by atoms with van der Waals surface area (Å²) in [5.74, 6) is 0.274. The van der Waals surface area contributed by atoms with Crippen molar-refractivity contribution in [1.82, 2.24) is 0 Å².